The number of nitriles is 1. The Bertz CT molecular complexity index is 1630. The van der Waals surface area contributed by atoms with Crippen LogP contribution in [0.3, 0.4) is 0 Å². The largest absolute Gasteiger partial charge is 0.491 e. The number of benzene rings is 2. The molecule has 7 nitrogen and oxygen atoms in total. The number of aromatic nitrogens is 1. The molecule has 1 amide bonds. The summed E-state index contributed by atoms with van der Waals surface area (Å²) in [5, 5.41) is 8.47. The molecule has 0 saturated carbocycles. The molecule has 232 valence electrons. The second-order valence-corrected chi connectivity index (χ2v) is 10.3. The van der Waals surface area contributed by atoms with Gasteiger partial charge in [-0.25, -0.2) is 4.39 Å². The van der Waals surface area contributed by atoms with Gasteiger partial charge >= 0.3 is 12.4 Å². The first-order valence-electron chi connectivity index (χ1n) is 12.9. The highest BCUT2D eigenvalue weighted by Crippen LogP contribution is 2.44. The molecule has 3 aromatic rings. The van der Waals surface area contributed by atoms with Crippen LogP contribution >= 0.6 is 12.2 Å². The van der Waals surface area contributed by atoms with Crippen molar-refractivity contribution in [1.82, 2.24) is 4.98 Å². The number of pyridine rings is 1. The van der Waals surface area contributed by atoms with Crippen LogP contribution in [0.15, 0.2) is 48.7 Å². The van der Waals surface area contributed by atoms with Gasteiger partial charge in [-0.05, 0) is 75.5 Å². The minimum absolute atomic E-state index is 0.0985. The molecule has 0 atom stereocenters. The minimum atomic E-state index is -5.29. The van der Waals surface area contributed by atoms with Gasteiger partial charge in [0.2, 0.25) is 0 Å². The van der Waals surface area contributed by atoms with E-state index in [1.807, 2.05) is 6.92 Å². The first-order valence-corrected chi connectivity index (χ1v) is 13.3. The van der Waals surface area contributed by atoms with Crippen molar-refractivity contribution in [3.05, 3.63) is 71.2 Å². The molecule has 0 bridgehead atoms. The van der Waals surface area contributed by atoms with Gasteiger partial charge in [-0.1, -0.05) is 0 Å². The van der Waals surface area contributed by atoms with Crippen LogP contribution in [0.1, 0.15) is 37.5 Å². The lowest BCUT2D eigenvalue weighted by Gasteiger charge is -2.30. The van der Waals surface area contributed by atoms with Gasteiger partial charge in [0, 0.05) is 12.2 Å². The maximum Gasteiger partial charge on any atom is 0.420 e. The van der Waals surface area contributed by atoms with Crippen molar-refractivity contribution in [1.29, 1.82) is 5.26 Å². The molecular formula is C29H23F7N4O3S. The molecule has 1 aliphatic rings. The number of amides is 1. The SMILES string of the molecule is CCOCCOc1ccc(-c2ncc(N3C(=S)N(c4ccc(C#N)c(C(F)(F)F)c4F)C(=O)C3(C)C)cc2C(F)(F)F)cc1. The zero-order chi connectivity index (χ0) is 32.6. The number of alkyl halides is 6. The monoisotopic (exact) mass is 640 g/mol. The van der Waals surface area contributed by atoms with Crippen LogP contribution in [0, 0.1) is 17.1 Å². The molecule has 0 radical (unpaired) electrons. The minimum Gasteiger partial charge on any atom is -0.491 e. The topological polar surface area (TPSA) is 78.7 Å². The number of carbonyl (C=O) groups is 1. The Hall–Kier alpha value is -4.29. The molecule has 0 aliphatic carbocycles. The second-order valence-electron chi connectivity index (χ2n) is 9.91. The Kier molecular flexibility index (Phi) is 8.90. The first kappa shape index (κ1) is 32.6. The molecule has 0 N–H and O–H groups in total. The van der Waals surface area contributed by atoms with Crippen molar-refractivity contribution >= 4 is 34.6 Å². The zero-order valence-corrected chi connectivity index (χ0v) is 24.1. The molecule has 1 saturated heterocycles. The molecule has 1 fully saturated rings. The van der Waals surface area contributed by atoms with Gasteiger partial charge in [-0.3, -0.25) is 14.7 Å². The fraction of sp³-hybridized carbons (Fsp3) is 0.310. The van der Waals surface area contributed by atoms with Crippen LogP contribution in [-0.2, 0) is 21.9 Å². The summed E-state index contributed by atoms with van der Waals surface area (Å²) in [6.45, 7) is 5.41. The molecule has 1 aliphatic heterocycles. The molecule has 1 aromatic heterocycles. The van der Waals surface area contributed by atoms with Crippen molar-refractivity contribution in [2.24, 2.45) is 0 Å². The van der Waals surface area contributed by atoms with E-state index in [9.17, 15) is 31.1 Å². The van der Waals surface area contributed by atoms with Crippen molar-refractivity contribution in [2.75, 3.05) is 29.6 Å². The van der Waals surface area contributed by atoms with Crippen LogP contribution in [0.5, 0.6) is 5.75 Å². The average Bonchev–Trinajstić information content (AvgIpc) is 3.12. The summed E-state index contributed by atoms with van der Waals surface area (Å²) >= 11 is 5.32. The molecular weight excluding hydrogens is 617 g/mol. The smallest absolute Gasteiger partial charge is 0.420 e. The Morgan fingerprint density at radius 1 is 1.02 bits per heavy atom. The van der Waals surface area contributed by atoms with Crippen molar-refractivity contribution in [3.8, 4) is 23.1 Å². The highest BCUT2D eigenvalue weighted by atomic mass is 32.1. The number of rotatable bonds is 8. The van der Waals surface area contributed by atoms with Gasteiger partial charge < -0.3 is 14.4 Å². The summed E-state index contributed by atoms with van der Waals surface area (Å²) in [6.07, 6.45) is -9.20. The lowest BCUT2D eigenvalue weighted by atomic mass is 10.0. The van der Waals surface area contributed by atoms with Crippen LogP contribution < -0.4 is 14.5 Å². The molecule has 2 aromatic carbocycles. The summed E-state index contributed by atoms with van der Waals surface area (Å²) in [4.78, 5) is 18.9. The molecule has 0 unspecified atom stereocenters. The van der Waals surface area contributed by atoms with Gasteiger partial charge in [-0.15, -0.1) is 0 Å². The number of halogens is 7. The third kappa shape index (κ3) is 6.04. The Morgan fingerprint density at radius 3 is 2.25 bits per heavy atom. The van der Waals surface area contributed by atoms with Crippen LogP contribution in [0.2, 0.25) is 0 Å². The van der Waals surface area contributed by atoms with Gasteiger partial charge in [0.1, 0.15) is 23.5 Å². The second kappa shape index (κ2) is 12.0. The number of carbonyl (C=O) groups excluding carboxylic acids is 1. The Balaban J connectivity index is 1.75. The molecule has 0 spiro atoms. The van der Waals surface area contributed by atoms with E-state index in [1.165, 1.54) is 44.2 Å². The Morgan fingerprint density at radius 2 is 1.68 bits per heavy atom. The maximum absolute atomic E-state index is 15.3. The number of thiocarbonyl (C=S) groups is 1. The van der Waals surface area contributed by atoms with Crippen molar-refractivity contribution in [2.45, 2.75) is 38.7 Å². The number of hydrogen-bond donors (Lipinski definition) is 0. The average molecular weight is 641 g/mol. The lowest BCUT2D eigenvalue weighted by molar-refractivity contribution is -0.140. The number of nitrogens with zero attached hydrogens (tertiary/aromatic N) is 4. The summed E-state index contributed by atoms with van der Waals surface area (Å²) in [7, 11) is 0. The maximum atomic E-state index is 15.3. The predicted molar refractivity (Wildman–Crippen MR) is 149 cm³/mol. The quantitative estimate of drug-likeness (QED) is 0.147. The Labute approximate surface area is 252 Å². The number of anilines is 2. The van der Waals surface area contributed by atoms with E-state index < -0.39 is 62.8 Å². The summed E-state index contributed by atoms with van der Waals surface area (Å²) in [6, 6.07) is 9.12. The standard InChI is InChI=1S/C29H23F7N4O3S/c1-4-42-11-12-43-19-8-5-16(6-9-19)24-20(28(31,32)33)13-18(15-38-24)40-26(44)39(25(41)27(40,2)3)21-10-7-17(14-37)22(23(21)30)29(34,35)36/h5-10,13,15H,4,11-12H2,1-3H3. The molecule has 2 heterocycles. The molecule has 44 heavy (non-hydrogen) atoms. The fourth-order valence-corrected chi connectivity index (χ4v) is 5.16. The number of ether oxygens (including phenoxy) is 2. The zero-order valence-electron chi connectivity index (χ0n) is 23.3. The van der Waals surface area contributed by atoms with E-state index in [0.717, 1.165) is 17.2 Å². The van der Waals surface area contributed by atoms with Gasteiger partial charge in [0.05, 0.1) is 47.1 Å². The van der Waals surface area contributed by atoms with Crippen LogP contribution in [-0.4, -0.2) is 41.4 Å². The third-order valence-electron chi connectivity index (χ3n) is 6.70. The van der Waals surface area contributed by atoms with Crippen molar-refractivity contribution < 1.29 is 45.0 Å². The highest BCUT2D eigenvalue weighted by Gasteiger charge is 2.52. The molecule has 4 rings (SSSR count). The van der Waals surface area contributed by atoms with Gasteiger partial charge in [0.15, 0.2) is 10.9 Å². The summed E-state index contributed by atoms with van der Waals surface area (Å²) in [5.41, 5.74) is -7.45. The third-order valence-corrected chi connectivity index (χ3v) is 7.06. The number of hydrogen-bond acceptors (Lipinski definition) is 6. The van der Waals surface area contributed by atoms with E-state index >= 15 is 4.39 Å². The van der Waals surface area contributed by atoms with E-state index in [4.69, 9.17) is 27.0 Å². The first-order chi connectivity index (χ1) is 20.5. The lowest BCUT2D eigenvalue weighted by Crippen LogP contribution is -2.44. The predicted octanol–water partition coefficient (Wildman–Crippen LogP) is 7.13. The normalized spacial score (nSPS) is 15.1. The van der Waals surface area contributed by atoms with Gasteiger partial charge in [-0.2, -0.15) is 31.6 Å². The van der Waals surface area contributed by atoms with Crippen LogP contribution in [0.4, 0.5) is 42.1 Å². The highest BCUT2D eigenvalue weighted by molar-refractivity contribution is 7.81. The van der Waals surface area contributed by atoms with Gasteiger partial charge in [0.25, 0.3) is 5.91 Å². The fourth-order valence-electron chi connectivity index (χ4n) is 4.64. The van der Waals surface area contributed by atoms with E-state index in [0.29, 0.717) is 36.0 Å². The van der Waals surface area contributed by atoms with E-state index in [2.05, 4.69) is 4.98 Å². The summed E-state index contributed by atoms with van der Waals surface area (Å²) in [5.74, 6) is -2.55. The van der Waals surface area contributed by atoms with Crippen LogP contribution in [0.25, 0.3) is 11.3 Å². The van der Waals surface area contributed by atoms with E-state index in [1.54, 1.807) is 0 Å². The van der Waals surface area contributed by atoms with Crippen molar-refractivity contribution in [3.63, 3.8) is 0 Å². The molecule has 15 heteroatoms. The van der Waals surface area contributed by atoms with E-state index in [-0.39, 0.29) is 17.9 Å². The summed E-state index contributed by atoms with van der Waals surface area (Å²) < 4.78 is 110.